The number of aryl methyl sites for hydroxylation is 2. The number of benzene rings is 1. The third-order valence-corrected chi connectivity index (χ3v) is 6.15. The van der Waals surface area contributed by atoms with Gasteiger partial charge in [-0.1, -0.05) is 19.1 Å². The summed E-state index contributed by atoms with van der Waals surface area (Å²) < 4.78 is 2.00. The molecular formula is C25H28N6O. The van der Waals surface area contributed by atoms with E-state index in [-0.39, 0.29) is 12.3 Å². The Hall–Kier alpha value is -3.66. The van der Waals surface area contributed by atoms with Crippen molar-refractivity contribution in [3.8, 4) is 6.07 Å². The number of rotatable bonds is 6. The number of pyridine rings is 1. The van der Waals surface area contributed by atoms with E-state index < -0.39 is 0 Å². The van der Waals surface area contributed by atoms with Crippen LogP contribution in [0.15, 0.2) is 42.9 Å². The van der Waals surface area contributed by atoms with Crippen LogP contribution in [-0.2, 0) is 18.3 Å². The molecule has 4 rings (SSSR count). The molecule has 0 unspecified atom stereocenters. The van der Waals surface area contributed by atoms with Gasteiger partial charge in [-0.15, -0.1) is 0 Å². The van der Waals surface area contributed by atoms with Crippen molar-refractivity contribution in [2.24, 2.45) is 7.05 Å². The second-order valence-electron chi connectivity index (χ2n) is 8.12. The van der Waals surface area contributed by atoms with E-state index in [1.54, 1.807) is 6.33 Å². The highest BCUT2D eigenvalue weighted by atomic mass is 16.2. The van der Waals surface area contributed by atoms with Crippen LogP contribution in [-0.4, -0.2) is 45.5 Å². The molecule has 1 aliphatic heterocycles. The average Bonchev–Trinajstić information content (AvgIpc) is 3.21. The number of hydrogen-bond donors (Lipinski definition) is 0. The highest BCUT2D eigenvalue weighted by molar-refractivity contribution is 5.81. The van der Waals surface area contributed by atoms with Gasteiger partial charge in [-0.2, -0.15) is 5.26 Å². The van der Waals surface area contributed by atoms with E-state index in [0.29, 0.717) is 19.5 Å². The number of anilines is 2. The first-order valence-electron chi connectivity index (χ1n) is 11.0. The number of aromatic nitrogens is 3. The summed E-state index contributed by atoms with van der Waals surface area (Å²) in [6, 6.07) is 10.7. The van der Waals surface area contributed by atoms with Crippen LogP contribution in [0.25, 0.3) is 16.6 Å². The number of carbonyl (C=O) groups excluding carboxylic acids is 1. The van der Waals surface area contributed by atoms with Crippen LogP contribution < -0.4 is 4.90 Å². The summed E-state index contributed by atoms with van der Waals surface area (Å²) in [5.74, 6) is 0.943. The third-order valence-electron chi connectivity index (χ3n) is 6.15. The fourth-order valence-corrected chi connectivity index (χ4v) is 4.20. The van der Waals surface area contributed by atoms with Crippen molar-refractivity contribution >= 4 is 34.0 Å². The number of hydrogen-bond acceptors (Lipinski definition) is 5. The zero-order chi connectivity index (χ0) is 22.7. The van der Waals surface area contributed by atoms with Crippen molar-refractivity contribution < 1.29 is 4.79 Å². The number of fused-ring (bicyclic) bond motifs is 1. The van der Waals surface area contributed by atoms with Gasteiger partial charge in [0.1, 0.15) is 11.3 Å². The standard InChI is InChI=1S/C25H28N6O/c1-4-18-14-20(19-9-12-31(13-10-19)25(32)6-5-11-26)7-8-22(18)30(3)24-15-23-21(16-27-24)28-17-29(23)2/h7-9,14-17H,4-6,10,12-13H2,1-3H3. The minimum atomic E-state index is 0.0611. The molecule has 1 amide bonds. The molecule has 7 nitrogen and oxygen atoms in total. The lowest BCUT2D eigenvalue weighted by molar-refractivity contribution is -0.130. The van der Waals surface area contributed by atoms with Gasteiger partial charge in [0.15, 0.2) is 0 Å². The quantitative estimate of drug-likeness (QED) is 0.587. The summed E-state index contributed by atoms with van der Waals surface area (Å²) in [4.78, 5) is 25.1. The third kappa shape index (κ3) is 4.22. The normalized spacial score (nSPS) is 13.7. The Bertz CT molecular complexity index is 1220. The zero-order valence-electron chi connectivity index (χ0n) is 18.9. The van der Waals surface area contributed by atoms with Crippen LogP contribution >= 0.6 is 0 Å². The molecule has 0 saturated carbocycles. The Labute approximate surface area is 188 Å². The first-order valence-corrected chi connectivity index (χ1v) is 11.0. The van der Waals surface area contributed by atoms with Gasteiger partial charge in [-0.3, -0.25) is 4.79 Å². The highest BCUT2D eigenvalue weighted by Gasteiger charge is 2.19. The van der Waals surface area contributed by atoms with Crippen LogP contribution in [0.1, 0.15) is 37.3 Å². The molecule has 0 saturated heterocycles. The molecule has 2 aromatic heterocycles. The monoisotopic (exact) mass is 428 g/mol. The van der Waals surface area contributed by atoms with Crippen molar-refractivity contribution in [3.63, 3.8) is 0 Å². The first kappa shape index (κ1) is 21.6. The second kappa shape index (κ2) is 9.23. The van der Waals surface area contributed by atoms with Crippen molar-refractivity contribution in [2.75, 3.05) is 25.0 Å². The predicted molar refractivity (Wildman–Crippen MR) is 126 cm³/mol. The van der Waals surface area contributed by atoms with E-state index >= 15 is 0 Å². The summed E-state index contributed by atoms with van der Waals surface area (Å²) in [7, 11) is 4.03. The van der Waals surface area contributed by atoms with Crippen molar-refractivity contribution in [1.82, 2.24) is 19.4 Å². The number of imidazole rings is 1. The minimum absolute atomic E-state index is 0.0611. The van der Waals surface area contributed by atoms with E-state index in [9.17, 15) is 4.79 Å². The molecule has 3 aromatic rings. The molecule has 0 radical (unpaired) electrons. The smallest absolute Gasteiger partial charge is 0.223 e. The topological polar surface area (TPSA) is 78.1 Å². The molecule has 0 N–H and O–H groups in total. The maximum atomic E-state index is 12.2. The van der Waals surface area contributed by atoms with Gasteiger partial charge in [-0.25, -0.2) is 9.97 Å². The van der Waals surface area contributed by atoms with Crippen LogP contribution in [0.4, 0.5) is 11.5 Å². The fourth-order valence-electron chi connectivity index (χ4n) is 4.20. The predicted octanol–water partition coefficient (Wildman–Crippen LogP) is 4.22. The van der Waals surface area contributed by atoms with Crippen LogP contribution in [0.5, 0.6) is 0 Å². The summed E-state index contributed by atoms with van der Waals surface area (Å²) in [5.41, 5.74) is 6.81. The van der Waals surface area contributed by atoms with Gasteiger partial charge in [0, 0.05) is 51.8 Å². The van der Waals surface area contributed by atoms with E-state index in [1.807, 2.05) is 35.8 Å². The maximum Gasteiger partial charge on any atom is 0.223 e. The van der Waals surface area contributed by atoms with Gasteiger partial charge in [0.25, 0.3) is 0 Å². The Morgan fingerprint density at radius 1 is 1.28 bits per heavy atom. The molecule has 0 atom stereocenters. The highest BCUT2D eigenvalue weighted by Crippen LogP contribution is 2.32. The average molecular weight is 429 g/mol. The fraction of sp³-hybridized carbons (Fsp3) is 0.360. The summed E-state index contributed by atoms with van der Waals surface area (Å²) in [6.45, 7) is 3.48. The SMILES string of the molecule is CCc1cc(C2=CCN(C(=O)CCC#N)CC2)ccc1N(C)c1cc2c(cn1)ncn2C. The second-order valence-corrected chi connectivity index (χ2v) is 8.12. The molecule has 0 spiro atoms. The van der Waals surface area contributed by atoms with Crippen LogP contribution in [0.2, 0.25) is 0 Å². The maximum absolute atomic E-state index is 12.2. The summed E-state index contributed by atoms with van der Waals surface area (Å²) in [6.07, 6.45) is 8.09. The Kier molecular flexibility index (Phi) is 6.22. The number of nitrogens with zero attached hydrogens (tertiary/aromatic N) is 6. The van der Waals surface area contributed by atoms with Crippen molar-refractivity contribution in [1.29, 1.82) is 5.26 Å². The number of nitriles is 1. The Morgan fingerprint density at radius 3 is 2.84 bits per heavy atom. The molecular weight excluding hydrogens is 400 g/mol. The van der Waals surface area contributed by atoms with E-state index in [2.05, 4.69) is 52.1 Å². The van der Waals surface area contributed by atoms with E-state index in [1.165, 1.54) is 16.7 Å². The Morgan fingerprint density at radius 2 is 2.12 bits per heavy atom. The number of carbonyl (C=O) groups is 1. The van der Waals surface area contributed by atoms with Crippen molar-refractivity contribution in [2.45, 2.75) is 32.6 Å². The molecule has 1 aliphatic rings. The molecule has 0 aliphatic carbocycles. The van der Waals surface area contributed by atoms with Gasteiger partial charge in [0.05, 0.1) is 24.1 Å². The summed E-state index contributed by atoms with van der Waals surface area (Å²) >= 11 is 0. The number of amides is 1. The van der Waals surface area contributed by atoms with E-state index in [0.717, 1.165) is 35.4 Å². The molecule has 164 valence electrons. The van der Waals surface area contributed by atoms with E-state index in [4.69, 9.17) is 5.26 Å². The largest absolute Gasteiger partial charge is 0.339 e. The van der Waals surface area contributed by atoms with Gasteiger partial charge in [-0.05, 0) is 41.7 Å². The lowest BCUT2D eigenvalue weighted by atomic mass is 9.95. The lowest BCUT2D eigenvalue weighted by Gasteiger charge is -2.27. The van der Waals surface area contributed by atoms with Gasteiger partial charge >= 0.3 is 0 Å². The molecule has 1 aromatic carbocycles. The van der Waals surface area contributed by atoms with Crippen LogP contribution in [0.3, 0.4) is 0 Å². The molecule has 0 fully saturated rings. The van der Waals surface area contributed by atoms with Crippen molar-refractivity contribution in [3.05, 3.63) is 54.0 Å². The molecule has 7 heteroatoms. The first-order chi connectivity index (χ1) is 15.5. The molecule has 3 heterocycles. The summed E-state index contributed by atoms with van der Waals surface area (Å²) in [5, 5.41) is 8.69. The van der Waals surface area contributed by atoms with Crippen LogP contribution in [0, 0.1) is 11.3 Å². The minimum Gasteiger partial charge on any atom is -0.339 e. The molecule has 32 heavy (non-hydrogen) atoms. The zero-order valence-corrected chi connectivity index (χ0v) is 18.9. The van der Waals surface area contributed by atoms with Gasteiger partial charge < -0.3 is 14.4 Å². The molecule has 0 bridgehead atoms. The lowest BCUT2D eigenvalue weighted by Crippen LogP contribution is -2.34. The van der Waals surface area contributed by atoms with Gasteiger partial charge in [0.2, 0.25) is 5.91 Å². The Balaban J connectivity index is 1.55.